The van der Waals surface area contributed by atoms with E-state index in [2.05, 4.69) is 4.90 Å². The van der Waals surface area contributed by atoms with Gasteiger partial charge in [-0.05, 0) is 42.5 Å². The highest BCUT2D eigenvalue weighted by Gasteiger charge is 2.27. The molecular formula is C22H24N4O5S. The van der Waals surface area contributed by atoms with Gasteiger partial charge in [-0.3, -0.25) is 4.79 Å². The normalized spacial score (nSPS) is 18.2. The summed E-state index contributed by atoms with van der Waals surface area (Å²) in [5.41, 5.74) is 0.734. The van der Waals surface area contributed by atoms with Crippen LogP contribution in [-0.2, 0) is 14.8 Å². The van der Waals surface area contributed by atoms with Crippen LogP contribution in [-0.4, -0.2) is 81.0 Å². The summed E-state index contributed by atoms with van der Waals surface area (Å²) in [5, 5.41) is 0.773. The smallest absolute Gasteiger partial charge is 0.289 e. The molecule has 3 aromatic rings. The molecule has 2 aliphatic heterocycles. The maximum atomic E-state index is 12.9. The van der Waals surface area contributed by atoms with Gasteiger partial charge in [0.25, 0.3) is 5.91 Å². The number of carbonyl (C=O) groups excluding carboxylic acids is 1. The number of rotatable bonds is 4. The van der Waals surface area contributed by atoms with E-state index in [1.165, 1.54) is 10.6 Å². The molecule has 1 aromatic carbocycles. The van der Waals surface area contributed by atoms with Gasteiger partial charge in [-0.1, -0.05) is 0 Å². The maximum absolute atomic E-state index is 12.9. The first kappa shape index (κ1) is 20.9. The summed E-state index contributed by atoms with van der Waals surface area (Å²) in [5.74, 6) is 1.06. The van der Waals surface area contributed by atoms with Crippen molar-refractivity contribution in [2.75, 3.05) is 57.4 Å². The zero-order chi connectivity index (χ0) is 22.1. The highest BCUT2D eigenvalue weighted by molar-refractivity contribution is 7.89. The number of anilines is 1. The molecule has 10 heteroatoms. The third-order valence-corrected chi connectivity index (χ3v) is 7.77. The largest absolute Gasteiger partial charge is 0.459 e. The number of ether oxygens (including phenoxy) is 1. The Hall–Kier alpha value is -2.95. The van der Waals surface area contributed by atoms with Gasteiger partial charge in [0.05, 0.1) is 29.9 Å². The summed E-state index contributed by atoms with van der Waals surface area (Å²) in [4.78, 5) is 21.4. The van der Waals surface area contributed by atoms with Crippen LogP contribution in [0.2, 0.25) is 0 Å². The van der Waals surface area contributed by atoms with Crippen molar-refractivity contribution in [3.63, 3.8) is 0 Å². The number of piperazine rings is 1. The number of hydrogen-bond acceptors (Lipinski definition) is 7. The molecule has 5 rings (SSSR count). The van der Waals surface area contributed by atoms with E-state index in [0.717, 1.165) is 16.7 Å². The second-order valence-corrected chi connectivity index (χ2v) is 9.73. The zero-order valence-electron chi connectivity index (χ0n) is 17.5. The molecule has 9 nitrogen and oxygen atoms in total. The Kier molecular flexibility index (Phi) is 5.58. The summed E-state index contributed by atoms with van der Waals surface area (Å²) in [6.07, 6.45) is 1.50. The van der Waals surface area contributed by atoms with Crippen molar-refractivity contribution in [2.24, 2.45) is 0 Å². The van der Waals surface area contributed by atoms with E-state index in [4.69, 9.17) is 14.1 Å². The van der Waals surface area contributed by atoms with E-state index in [1.807, 2.05) is 12.1 Å². The highest BCUT2D eigenvalue weighted by Crippen LogP contribution is 2.24. The summed E-state index contributed by atoms with van der Waals surface area (Å²) in [6, 6.07) is 12.2. The van der Waals surface area contributed by atoms with Crippen molar-refractivity contribution in [1.29, 1.82) is 0 Å². The Labute approximate surface area is 186 Å². The molecule has 0 radical (unpaired) electrons. The number of morpholine rings is 1. The number of fused-ring (bicyclic) bond motifs is 1. The summed E-state index contributed by atoms with van der Waals surface area (Å²) in [6.45, 7) is 4.04. The SMILES string of the molecule is O=C(c1ccco1)N1CCN(c2ccc3cc(S(=O)(=O)N4CCOCC4)ccc3n2)CC1. The van der Waals surface area contributed by atoms with Gasteiger partial charge in [0, 0.05) is 44.7 Å². The average molecular weight is 457 g/mol. The average Bonchev–Trinajstić information content (AvgIpc) is 3.39. The molecule has 2 saturated heterocycles. The fraction of sp³-hybridized carbons (Fsp3) is 0.364. The molecule has 2 fully saturated rings. The molecule has 0 saturated carbocycles. The third kappa shape index (κ3) is 3.96. The zero-order valence-corrected chi connectivity index (χ0v) is 18.3. The van der Waals surface area contributed by atoms with Crippen molar-refractivity contribution in [3.8, 4) is 0 Å². The molecule has 168 valence electrons. The predicted octanol–water partition coefficient (Wildman–Crippen LogP) is 1.81. The molecule has 0 N–H and O–H groups in total. The molecule has 0 bridgehead atoms. The summed E-state index contributed by atoms with van der Waals surface area (Å²) in [7, 11) is -3.55. The Morgan fingerprint density at radius 1 is 0.938 bits per heavy atom. The van der Waals surface area contributed by atoms with Crippen LogP contribution >= 0.6 is 0 Å². The van der Waals surface area contributed by atoms with E-state index >= 15 is 0 Å². The number of benzene rings is 1. The number of hydrogen-bond donors (Lipinski definition) is 0. The van der Waals surface area contributed by atoms with Gasteiger partial charge in [0.2, 0.25) is 10.0 Å². The van der Waals surface area contributed by atoms with Gasteiger partial charge >= 0.3 is 0 Å². The minimum Gasteiger partial charge on any atom is -0.459 e. The fourth-order valence-corrected chi connectivity index (χ4v) is 5.50. The Morgan fingerprint density at radius 2 is 1.72 bits per heavy atom. The van der Waals surface area contributed by atoms with E-state index in [0.29, 0.717) is 58.2 Å². The van der Waals surface area contributed by atoms with Crippen LogP contribution < -0.4 is 4.90 Å². The lowest BCUT2D eigenvalue weighted by Crippen LogP contribution is -2.49. The molecule has 0 unspecified atom stereocenters. The summed E-state index contributed by atoms with van der Waals surface area (Å²) >= 11 is 0. The fourth-order valence-electron chi connectivity index (χ4n) is 4.06. The van der Waals surface area contributed by atoms with E-state index in [9.17, 15) is 13.2 Å². The van der Waals surface area contributed by atoms with Crippen molar-refractivity contribution >= 4 is 32.7 Å². The van der Waals surface area contributed by atoms with Crippen molar-refractivity contribution in [1.82, 2.24) is 14.2 Å². The van der Waals surface area contributed by atoms with Crippen molar-refractivity contribution in [3.05, 3.63) is 54.5 Å². The molecule has 1 amide bonds. The van der Waals surface area contributed by atoms with Crippen LogP contribution in [0.25, 0.3) is 10.9 Å². The van der Waals surface area contributed by atoms with Crippen molar-refractivity contribution in [2.45, 2.75) is 4.90 Å². The number of aromatic nitrogens is 1. The van der Waals surface area contributed by atoms with Crippen molar-refractivity contribution < 1.29 is 22.4 Å². The van der Waals surface area contributed by atoms with Gasteiger partial charge < -0.3 is 19.0 Å². The second kappa shape index (κ2) is 8.53. The Bertz CT molecular complexity index is 1210. The molecule has 2 aromatic heterocycles. The number of carbonyl (C=O) groups is 1. The molecule has 0 atom stereocenters. The van der Waals surface area contributed by atoms with Gasteiger partial charge in [0.1, 0.15) is 5.82 Å². The molecule has 0 spiro atoms. The number of sulfonamides is 1. The standard InChI is InChI=1S/C22H24N4O5S/c27-22(20-2-1-13-31-20)25-9-7-24(8-10-25)21-6-3-17-16-18(4-5-19(17)23-21)32(28,29)26-11-14-30-15-12-26/h1-6,13,16H,7-12,14-15H2. The first-order valence-electron chi connectivity index (χ1n) is 10.6. The van der Waals surface area contributed by atoms with Crippen LogP contribution in [0, 0.1) is 0 Å². The van der Waals surface area contributed by atoms with E-state index < -0.39 is 10.0 Å². The number of nitrogens with zero attached hydrogens (tertiary/aromatic N) is 4. The highest BCUT2D eigenvalue weighted by atomic mass is 32.2. The van der Waals surface area contributed by atoms with Crippen LogP contribution in [0.15, 0.2) is 58.0 Å². The Balaban J connectivity index is 1.30. The van der Waals surface area contributed by atoms with Crippen LogP contribution in [0.1, 0.15) is 10.6 Å². The third-order valence-electron chi connectivity index (χ3n) is 5.88. The molecule has 0 aliphatic carbocycles. The van der Waals surface area contributed by atoms with E-state index in [-0.39, 0.29) is 10.8 Å². The van der Waals surface area contributed by atoms with Gasteiger partial charge in [-0.15, -0.1) is 0 Å². The quantitative estimate of drug-likeness (QED) is 0.591. The van der Waals surface area contributed by atoms with Crippen LogP contribution in [0.3, 0.4) is 0 Å². The Morgan fingerprint density at radius 3 is 2.44 bits per heavy atom. The monoisotopic (exact) mass is 456 g/mol. The number of furan rings is 1. The number of amides is 1. The van der Waals surface area contributed by atoms with Gasteiger partial charge in [-0.25, -0.2) is 13.4 Å². The molecule has 2 aliphatic rings. The molecule has 4 heterocycles. The molecule has 32 heavy (non-hydrogen) atoms. The lowest BCUT2D eigenvalue weighted by atomic mass is 10.2. The first-order valence-corrected chi connectivity index (χ1v) is 12.0. The lowest BCUT2D eigenvalue weighted by Gasteiger charge is -2.35. The van der Waals surface area contributed by atoms with Gasteiger partial charge in [-0.2, -0.15) is 4.31 Å². The summed E-state index contributed by atoms with van der Waals surface area (Å²) < 4.78 is 37.8. The lowest BCUT2D eigenvalue weighted by molar-refractivity contribution is 0.0714. The minimum absolute atomic E-state index is 0.102. The number of pyridine rings is 1. The van der Waals surface area contributed by atoms with Gasteiger partial charge in [0.15, 0.2) is 5.76 Å². The topological polar surface area (TPSA) is 96.2 Å². The molecular weight excluding hydrogens is 432 g/mol. The maximum Gasteiger partial charge on any atom is 0.289 e. The second-order valence-electron chi connectivity index (χ2n) is 7.80. The first-order chi connectivity index (χ1) is 15.5. The van der Waals surface area contributed by atoms with E-state index in [1.54, 1.807) is 35.2 Å². The van der Waals surface area contributed by atoms with Crippen LogP contribution in [0.4, 0.5) is 5.82 Å². The predicted molar refractivity (Wildman–Crippen MR) is 118 cm³/mol. The minimum atomic E-state index is -3.55. The van der Waals surface area contributed by atoms with Crippen LogP contribution in [0.5, 0.6) is 0 Å².